The number of nitrogens with two attached hydrogens (primary N) is 1. The number of rotatable bonds is 12. The van der Waals surface area contributed by atoms with Crippen molar-refractivity contribution >= 4 is 23.8 Å². The molecular formula is C27H40N4O5. The fourth-order valence-electron chi connectivity index (χ4n) is 3.63. The van der Waals surface area contributed by atoms with Crippen LogP contribution in [0.25, 0.3) is 0 Å². The highest BCUT2D eigenvalue weighted by molar-refractivity contribution is 5.94. The van der Waals surface area contributed by atoms with Crippen molar-refractivity contribution in [3.05, 3.63) is 35.4 Å². The Morgan fingerprint density at radius 1 is 1.11 bits per heavy atom. The molecule has 4 N–H and O–H groups in total. The Morgan fingerprint density at radius 3 is 2.28 bits per heavy atom. The highest BCUT2D eigenvalue weighted by atomic mass is 16.6. The van der Waals surface area contributed by atoms with Crippen LogP contribution in [-0.2, 0) is 19.1 Å². The number of hydrogen-bond donors (Lipinski definition) is 3. The normalized spacial score (nSPS) is 12.7. The number of primary amides is 1. The summed E-state index contributed by atoms with van der Waals surface area (Å²) in [6.45, 7) is 10.9. The number of nitrogens with one attached hydrogen (secondary N) is 2. The number of ether oxygens (including phenoxy) is 1. The van der Waals surface area contributed by atoms with Crippen LogP contribution >= 0.6 is 0 Å². The van der Waals surface area contributed by atoms with Crippen molar-refractivity contribution in [2.24, 2.45) is 5.73 Å². The molecule has 0 aliphatic carbocycles. The minimum absolute atomic E-state index is 0.201. The molecule has 1 rings (SSSR count). The number of nitrogens with zero attached hydrogens (tertiary/aromatic N) is 1. The van der Waals surface area contributed by atoms with Crippen LogP contribution in [0.5, 0.6) is 0 Å². The van der Waals surface area contributed by atoms with Crippen molar-refractivity contribution in [3.8, 4) is 12.3 Å². The van der Waals surface area contributed by atoms with Crippen LogP contribution in [0.1, 0.15) is 84.4 Å². The summed E-state index contributed by atoms with van der Waals surface area (Å²) < 4.78 is 5.28. The number of hydrogen-bond acceptors (Lipinski definition) is 5. The third-order valence-corrected chi connectivity index (χ3v) is 5.08. The van der Waals surface area contributed by atoms with Gasteiger partial charge >= 0.3 is 6.09 Å². The highest BCUT2D eigenvalue weighted by Crippen LogP contribution is 2.27. The zero-order valence-electron chi connectivity index (χ0n) is 22.2. The van der Waals surface area contributed by atoms with Gasteiger partial charge in [0.2, 0.25) is 17.7 Å². The summed E-state index contributed by atoms with van der Waals surface area (Å²) >= 11 is 0. The topological polar surface area (TPSA) is 131 Å². The maximum Gasteiger partial charge on any atom is 0.408 e. The van der Waals surface area contributed by atoms with Gasteiger partial charge < -0.3 is 26.0 Å². The maximum absolute atomic E-state index is 13.9. The lowest BCUT2D eigenvalue weighted by atomic mass is 9.96. The molecule has 0 aliphatic rings. The molecule has 0 fully saturated rings. The van der Waals surface area contributed by atoms with Gasteiger partial charge in [0, 0.05) is 18.2 Å². The zero-order valence-corrected chi connectivity index (χ0v) is 22.2. The predicted octanol–water partition coefficient (Wildman–Crippen LogP) is 3.02. The molecule has 0 heterocycles. The lowest BCUT2D eigenvalue weighted by Crippen LogP contribution is -2.54. The Bertz CT molecular complexity index is 962. The average Bonchev–Trinajstić information content (AvgIpc) is 2.75. The number of benzene rings is 1. The van der Waals surface area contributed by atoms with Gasteiger partial charge in [-0.3, -0.25) is 14.4 Å². The van der Waals surface area contributed by atoms with Crippen LogP contribution in [-0.4, -0.2) is 52.9 Å². The molecule has 2 atom stereocenters. The molecule has 0 bridgehead atoms. The molecule has 0 saturated carbocycles. The predicted molar refractivity (Wildman–Crippen MR) is 139 cm³/mol. The monoisotopic (exact) mass is 500 g/mol. The maximum atomic E-state index is 13.9. The lowest BCUT2D eigenvalue weighted by molar-refractivity contribution is -0.143. The molecule has 1 aromatic rings. The number of carbonyl (C=O) groups excluding carboxylic acids is 4. The van der Waals surface area contributed by atoms with Crippen LogP contribution in [0.3, 0.4) is 0 Å². The summed E-state index contributed by atoms with van der Waals surface area (Å²) in [5, 5.41) is 5.33. The van der Waals surface area contributed by atoms with E-state index >= 15 is 0 Å². The molecule has 0 aromatic heterocycles. The van der Waals surface area contributed by atoms with Crippen molar-refractivity contribution in [2.75, 3.05) is 6.54 Å². The Labute approximate surface area is 214 Å². The second-order valence-corrected chi connectivity index (χ2v) is 9.91. The number of alkyl carbamates (subject to hydrolysis) is 1. The molecule has 0 spiro atoms. The third kappa shape index (κ3) is 9.98. The minimum Gasteiger partial charge on any atom is -0.444 e. The molecule has 36 heavy (non-hydrogen) atoms. The molecule has 2 unspecified atom stereocenters. The van der Waals surface area contributed by atoms with Gasteiger partial charge in [-0.05, 0) is 52.7 Å². The SMILES string of the molecule is C#Cc1ccccc1C(C(=O)NC(C)C)N(CCCCC)C(=O)C(CC(N)=O)NC(=O)OC(C)(C)C. The second-order valence-electron chi connectivity index (χ2n) is 9.91. The number of unbranched alkanes of at least 4 members (excludes halogenated alkanes) is 2. The van der Waals surface area contributed by atoms with E-state index in [1.54, 1.807) is 45.0 Å². The van der Waals surface area contributed by atoms with Gasteiger partial charge in [0.05, 0.1) is 6.42 Å². The summed E-state index contributed by atoms with van der Waals surface area (Å²) in [4.78, 5) is 53.1. The number of carbonyl (C=O) groups is 4. The van der Waals surface area contributed by atoms with E-state index < -0.39 is 47.9 Å². The molecule has 198 valence electrons. The number of amides is 4. The first-order valence-corrected chi connectivity index (χ1v) is 12.2. The van der Waals surface area contributed by atoms with E-state index in [9.17, 15) is 19.2 Å². The molecule has 4 amide bonds. The first-order chi connectivity index (χ1) is 16.8. The summed E-state index contributed by atoms with van der Waals surface area (Å²) in [5.41, 5.74) is 5.51. The van der Waals surface area contributed by atoms with Gasteiger partial charge in [0.1, 0.15) is 17.7 Å². The lowest BCUT2D eigenvalue weighted by Gasteiger charge is -2.35. The van der Waals surface area contributed by atoms with Gasteiger partial charge in [0.25, 0.3) is 0 Å². The van der Waals surface area contributed by atoms with Crippen molar-refractivity contribution in [3.63, 3.8) is 0 Å². The van der Waals surface area contributed by atoms with Gasteiger partial charge in [-0.25, -0.2) is 4.79 Å². The van der Waals surface area contributed by atoms with E-state index in [1.165, 1.54) is 4.90 Å². The minimum atomic E-state index is -1.33. The van der Waals surface area contributed by atoms with E-state index in [4.69, 9.17) is 16.9 Å². The Hall–Kier alpha value is -3.54. The molecule has 0 aliphatic heterocycles. The largest absolute Gasteiger partial charge is 0.444 e. The molecule has 9 nitrogen and oxygen atoms in total. The Morgan fingerprint density at radius 2 is 1.75 bits per heavy atom. The second kappa shape index (κ2) is 14.1. The quantitative estimate of drug-likeness (QED) is 0.300. The smallest absolute Gasteiger partial charge is 0.408 e. The molecule has 0 radical (unpaired) electrons. The van der Waals surface area contributed by atoms with E-state index in [0.29, 0.717) is 17.5 Å². The molecule has 9 heteroatoms. The summed E-state index contributed by atoms with van der Waals surface area (Å²) in [7, 11) is 0. The van der Waals surface area contributed by atoms with Crippen molar-refractivity contribution in [1.29, 1.82) is 0 Å². The highest BCUT2D eigenvalue weighted by Gasteiger charge is 2.37. The third-order valence-electron chi connectivity index (χ3n) is 5.08. The Balaban J connectivity index is 3.57. The van der Waals surface area contributed by atoms with E-state index in [-0.39, 0.29) is 12.6 Å². The van der Waals surface area contributed by atoms with Crippen molar-refractivity contribution in [2.45, 2.75) is 91.0 Å². The van der Waals surface area contributed by atoms with Gasteiger partial charge in [-0.15, -0.1) is 6.42 Å². The van der Waals surface area contributed by atoms with Crippen molar-refractivity contribution < 1.29 is 23.9 Å². The van der Waals surface area contributed by atoms with E-state index in [0.717, 1.165) is 12.8 Å². The average molecular weight is 501 g/mol. The summed E-state index contributed by atoms with van der Waals surface area (Å²) in [5.74, 6) is 0.740. The summed E-state index contributed by atoms with van der Waals surface area (Å²) in [6, 6.07) is 4.27. The van der Waals surface area contributed by atoms with Crippen LogP contribution in [0, 0.1) is 12.3 Å². The first-order valence-electron chi connectivity index (χ1n) is 12.2. The zero-order chi connectivity index (χ0) is 27.5. The molecule has 0 saturated heterocycles. The standard InChI is InChI=1S/C27H40N4O5/c1-8-10-13-16-31(25(34)21(17-22(28)32)30-26(35)36-27(5,6)7)23(24(33)29-18(3)4)20-15-12-11-14-19(20)9-2/h2,11-12,14-15,18,21,23H,8,10,13,16-17H2,1,3-7H3,(H2,28,32)(H,29,33)(H,30,35). The Kier molecular flexibility index (Phi) is 12.0. The van der Waals surface area contributed by atoms with Crippen LogP contribution < -0.4 is 16.4 Å². The van der Waals surface area contributed by atoms with Crippen LogP contribution in [0.2, 0.25) is 0 Å². The summed E-state index contributed by atoms with van der Waals surface area (Å²) in [6.07, 6.45) is 6.67. The van der Waals surface area contributed by atoms with Gasteiger partial charge in [-0.2, -0.15) is 0 Å². The van der Waals surface area contributed by atoms with E-state index in [2.05, 4.69) is 16.6 Å². The number of terminal acetylenes is 1. The van der Waals surface area contributed by atoms with Crippen LogP contribution in [0.15, 0.2) is 24.3 Å². The fraction of sp³-hybridized carbons (Fsp3) is 0.556. The fourth-order valence-corrected chi connectivity index (χ4v) is 3.63. The molecule has 1 aromatic carbocycles. The van der Waals surface area contributed by atoms with E-state index in [1.807, 2.05) is 20.8 Å². The molecular weight excluding hydrogens is 460 g/mol. The van der Waals surface area contributed by atoms with Crippen LogP contribution in [0.4, 0.5) is 4.79 Å². The first kappa shape index (κ1) is 30.5. The van der Waals surface area contributed by atoms with Crippen molar-refractivity contribution in [1.82, 2.24) is 15.5 Å². The van der Waals surface area contributed by atoms with Gasteiger partial charge in [0.15, 0.2) is 0 Å². The van der Waals surface area contributed by atoms with Gasteiger partial charge in [-0.1, -0.05) is 43.9 Å².